The van der Waals surface area contributed by atoms with E-state index in [2.05, 4.69) is 15.5 Å². The summed E-state index contributed by atoms with van der Waals surface area (Å²) < 4.78 is 0. The zero-order chi connectivity index (χ0) is 19.2. The average Bonchev–Trinajstić information content (AvgIpc) is 2.68. The van der Waals surface area contributed by atoms with Crippen molar-refractivity contribution in [3.63, 3.8) is 0 Å². The normalized spacial score (nSPS) is 10.7. The van der Waals surface area contributed by atoms with Gasteiger partial charge in [-0.1, -0.05) is 24.3 Å². The maximum atomic E-state index is 12.3. The highest BCUT2D eigenvalue weighted by Gasteiger charge is 2.11. The smallest absolute Gasteiger partial charge is 0.488 e. The molecule has 3 aromatic rings. The lowest BCUT2D eigenvalue weighted by atomic mass is 9.80. The molecule has 0 radical (unpaired) electrons. The van der Waals surface area contributed by atoms with Crippen molar-refractivity contribution in [3.05, 3.63) is 78.4 Å². The molecule has 1 amide bonds. The molecule has 134 valence electrons. The van der Waals surface area contributed by atoms with E-state index in [0.717, 1.165) is 0 Å². The summed E-state index contributed by atoms with van der Waals surface area (Å²) >= 11 is 0. The largest absolute Gasteiger partial charge is 0.872 e. The third-order valence-corrected chi connectivity index (χ3v) is 3.71. The summed E-state index contributed by atoms with van der Waals surface area (Å²) in [5.41, 5.74) is 2.45. The zero-order valence-electron chi connectivity index (χ0n) is 14.1. The van der Waals surface area contributed by atoms with E-state index in [1.165, 1.54) is 24.3 Å². The summed E-state index contributed by atoms with van der Waals surface area (Å²) in [4.78, 5) is 12.3. The van der Waals surface area contributed by atoms with E-state index >= 15 is 0 Å². The first-order chi connectivity index (χ1) is 13.0. The molecule has 0 aliphatic heterocycles. The van der Waals surface area contributed by atoms with Crippen molar-refractivity contribution < 1.29 is 19.9 Å². The van der Waals surface area contributed by atoms with Crippen LogP contribution in [0.25, 0.3) is 0 Å². The summed E-state index contributed by atoms with van der Waals surface area (Å²) in [6, 6.07) is 18.7. The maximum absolute atomic E-state index is 12.3. The second-order valence-electron chi connectivity index (χ2n) is 5.69. The van der Waals surface area contributed by atoms with Crippen LogP contribution in [0.15, 0.2) is 83.0 Å². The maximum Gasteiger partial charge on any atom is 0.488 e. The van der Waals surface area contributed by atoms with Crippen LogP contribution in [0, 0.1) is 0 Å². The molecule has 27 heavy (non-hydrogen) atoms. The number of hydrogen-bond acceptors (Lipinski definition) is 6. The summed E-state index contributed by atoms with van der Waals surface area (Å²) in [7, 11) is -1.55. The fraction of sp³-hybridized carbons (Fsp3) is 0. The molecular weight excluding hydrogens is 345 g/mol. The van der Waals surface area contributed by atoms with Crippen molar-refractivity contribution in [2.24, 2.45) is 10.2 Å². The van der Waals surface area contributed by atoms with Gasteiger partial charge in [0.05, 0.1) is 11.4 Å². The van der Waals surface area contributed by atoms with Crippen molar-refractivity contribution in [3.8, 4) is 5.75 Å². The highest BCUT2D eigenvalue weighted by molar-refractivity contribution is 6.58. The van der Waals surface area contributed by atoms with Crippen molar-refractivity contribution in [2.45, 2.75) is 0 Å². The topological polar surface area (TPSA) is 117 Å². The predicted molar refractivity (Wildman–Crippen MR) is 101 cm³/mol. The Bertz CT molecular complexity index is 940. The number of azo groups is 1. The Labute approximate surface area is 155 Å². The first kappa shape index (κ1) is 18.3. The van der Waals surface area contributed by atoms with Gasteiger partial charge in [0.15, 0.2) is 0 Å². The highest BCUT2D eigenvalue weighted by atomic mass is 16.4. The molecule has 0 saturated carbocycles. The number of anilines is 1. The van der Waals surface area contributed by atoms with Crippen LogP contribution in [0.5, 0.6) is 5.75 Å². The second kappa shape index (κ2) is 8.26. The van der Waals surface area contributed by atoms with Crippen LogP contribution in [0.1, 0.15) is 10.4 Å². The van der Waals surface area contributed by atoms with E-state index in [0.29, 0.717) is 28.1 Å². The molecule has 0 saturated heterocycles. The predicted octanol–water partition coefficient (Wildman–Crippen LogP) is 2.11. The number of benzene rings is 3. The van der Waals surface area contributed by atoms with Crippen LogP contribution in [-0.4, -0.2) is 23.1 Å². The molecule has 0 unspecified atom stereocenters. The van der Waals surface area contributed by atoms with Gasteiger partial charge in [0.2, 0.25) is 0 Å². The van der Waals surface area contributed by atoms with Gasteiger partial charge in [0.25, 0.3) is 5.91 Å². The zero-order valence-corrected chi connectivity index (χ0v) is 14.1. The fourth-order valence-electron chi connectivity index (χ4n) is 2.25. The number of carbonyl (C=O) groups is 1. The van der Waals surface area contributed by atoms with Gasteiger partial charge in [-0.3, -0.25) is 4.79 Å². The molecule has 0 aliphatic rings. The summed E-state index contributed by atoms with van der Waals surface area (Å²) in [6.45, 7) is 0. The van der Waals surface area contributed by atoms with E-state index in [1.54, 1.807) is 48.5 Å². The SMILES string of the molecule is O=C(Nc1ccc(B(O)O)cc1)c1ccc(N=Nc2ccc([O-])cc2)cc1. The first-order valence-electron chi connectivity index (χ1n) is 8.07. The van der Waals surface area contributed by atoms with E-state index in [-0.39, 0.29) is 11.7 Å². The van der Waals surface area contributed by atoms with Crippen LogP contribution in [0.2, 0.25) is 0 Å². The van der Waals surface area contributed by atoms with Gasteiger partial charge in [-0.15, -0.1) is 5.75 Å². The molecule has 0 fully saturated rings. The minimum absolute atomic E-state index is 0.0912. The monoisotopic (exact) mass is 360 g/mol. The van der Waals surface area contributed by atoms with E-state index in [9.17, 15) is 9.90 Å². The van der Waals surface area contributed by atoms with Crippen LogP contribution < -0.4 is 15.9 Å². The van der Waals surface area contributed by atoms with E-state index < -0.39 is 7.12 Å². The number of carbonyl (C=O) groups excluding carboxylic acids is 1. The minimum Gasteiger partial charge on any atom is -0.872 e. The minimum atomic E-state index is -1.55. The molecule has 8 heteroatoms. The molecule has 3 N–H and O–H groups in total. The van der Waals surface area contributed by atoms with E-state index in [1.807, 2.05) is 0 Å². The van der Waals surface area contributed by atoms with Gasteiger partial charge in [-0.05, 0) is 54.0 Å². The van der Waals surface area contributed by atoms with Crippen LogP contribution in [-0.2, 0) is 0 Å². The lowest BCUT2D eigenvalue weighted by Gasteiger charge is -2.06. The van der Waals surface area contributed by atoms with Crippen molar-refractivity contribution in [2.75, 3.05) is 5.32 Å². The van der Waals surface area contributed by atoms with Crippen molar-refractivity contribution >= 4 is 35.6 Å². The van der Waals surface area contributed by atoms with E-state index in [4.69, 9.17) is 10.0 Å². The van der Waals surface area contributed by atoms with Crippen LogP contribution in [0.4, 0.5) is 17.1 Å². The van der Waals surface area contributed by atoms with Crippen LogP contribution >= 0.6 is 0 Å². The number of amides is 1. The molecule has 0 bridgehead atoms. The van der Waals surface area contributed by atoms with Crippen molar-refractivity contribution in [1.29, 1.82) is 0 Å². The Balaban J connectivity index is 1.63. The van der Waals surface area contributed by atoms with Gasteiger partial charge in [-0.25, -0.2) is 0 Å². The number of nitrogens with one attached hydrogen (secondary N) is 1. The fourth-order valence-corrected chi connectivity index (χ4v) is 2.25. The quantitative estimate of drug-likeness (QED) is 0.477. The Morgan fingerprint density at radius 3 is 1.85 bits per heavy atom. The molecule has 3 rings (SSSR count). The molecule has 3 aromatic carbocycles. The molecule has 0 aromatic heterocycles. The third-order valence-electron chi connectivity index (χ3n) is 3.71. The molecule has 0 heterocycles. The summed E-state index contributed by atoms with van der Waals surface area (Å²) in [5.74, 6) is -0.395. The van der Waals surface area contributed by atoms with Gasteiger partial charge >= 0.3 is 7.12 Å². The standard InChI is InChI=1S/C19H16BN3O4/c24-18-11-9-17(10-12-18)23-22-16-5-1-13(2-6-16)19(25)21-15-7-3-14(4-8-15)20(26)27/h1-12,24,26-27H,(H,21,25)/p-1. The molecule has 0 spiro atoms. The summed E-state index contributed by atoms with van der Waals surface area (Å²) in [6.07, 6.45) is 0. The molecule has 7 nitrogen and oxygen atoms in total. The molecule has 0 atom stereocenters. The molecular formula is C19H15BN3O4-. The Kier molecular flexibility index (Phi) is 5.60. The van der Waals surface area contributed by atoms with Crippen LogP contribution in [0.3, 0.4) is 0 Å². The molecule has 0 aliphatic carbocycles. The third kappa shape index (κ3) is 5.00. The second-order valence-corrected chi connectivity index (χ2v) is 5.69. The Hall–Kier alpha value is -3.49. The number of hydrogen-bond donors (Lipinski definition) is 3. The number of rotatable bonds is 5. The summed E-state index contributed by atoms with van der Waals surface area (Å²) in [5, 5.41) is 40.0. The average molecular weight is 360 g/mol. The van der Waals surface area contributed by atoms with Gasteiger partial charge in [0, 0.05) is 11.3 Å². The lowest BCUT2D eigenvalue weighted by molar-refractivity contribution is -0.268. The van der Waals surface area contributed by atoms with Gasteiger partial charge in [-0.2, -0.15) is 10.2 Å². The Morgan fingerprint density at radius 1 is 0.815 bits per heavy atom. The van der Waals surface area contributed by atoms with Gasteiger partial charge in [0.1, 0.15) is 0 Å². The number of nitrogens with zero attached hydrogens (tertiary/aromatic N) is 2. The van der Waals surface area contributed by atoms with Gasteiger partial charge < -0.3 is 20.5 Å². The highest BCUT2D eigenvalue weighted by Crippen LogP contribution is 2.20. The first-order valence-corrected chi connectivity index (χ1v) is 8.07. The lowest BCUT2D eigenvalue weighted by Crippen LogP contribution is -2.29. The Morgan fingerprint density at radius 2 is 1.33 bits per heavy atom. The van der Waals surface area contributed by atoms with Crippen molar-refractivity contribution in [1.82, 2.24) is 0 Å².